The van der Waals surface area contributed by atoms with Gasteiger partial charge in [-0.3, -0.25) is 0 Å². The normalized spacial score (nSPS) is 26.2. The molecule has 2 aliphatic rings. The van der Waals surface area contributed by atoms with Gasteiger partial charge in [0, 0.05) is 29.3 Å². The predicted molar refractivity (Wildman–Crippen MR) is 77.1 cm³/mol. The van der Waals surface area contributed by atoms with E-state index < -0.39 is 0 Å². The second kappa shape index (κ2) is 5.30. The van der Waals surface area contributed by atoms with Crippen molar-refractivity contribution in [2.24, 2.45) is 0 Å². The Morgan fingerprint density at radius 3 is 3.00 bits per heavy atom. The molecule has 0 bridgehead atoms. The van der Waals surface area contributed by atoms with Gasteiger partial charge in [0.25, 0.3) is 0 Å². The summed E-state index contributed by atoms with van der Waals surface area (Å²) in [5.74, 6) is 1.21. The van der Waals surface area contributed by atoms with Crippen LogP contribution in [0, 0.1) is 0 Å². The van der Waals surface area contributed by atoms with Crippen LogP contribution in [0.1, 0.15) is 55.9 Å². The summed E-state index contributed by atoms with van der Waals surface area (Å²) in [7, 11) is 0. The summed E-state index contributed by atoms with van der Waals surface area (Å²) in [5.41, 5.74) is 1.41. The number of aryl methyl sites for hydroxylation is 1. The Morgan fingerprint density at radius 1 is 1.39 bits per heavy atom. The molecule has 100 valence electrons. The second-order valence-corrected chi connectivity index (χ2v) is 6.99. The van der Waals surface area contributed by atoms with Gasteiger partial charge in [-0.05, 0) is 38.0 Å². The van der Waals surface area contributed by atoms with Gasteiger partial charge in [0.15, 0.2) is 0 Å². The zero-order chi connectivity index (χ0) is 12.4. The third-order valence-electron chi connectivity index (χ3n) is 4.67. The molecule has 1 saturated carbocycles. The minimum absolute atomic E-state index is 0.501. The lowest BCUT2D eigenvalue weighted by Gasteiger charge is -2.31. The van der Waals surface area contributed by atoms with Crippen molar-refractivity contribution >= 4 is 11.8 Å². The molecule has 0 aliphatic heterocycles. The van der Waals surface area contributed by atoms with Crippen molar-refractivity contribution in [2.75, 3.05) is 12.8 Å². The van der Waals surface area contributed by atoms with Gasteiger partial charge in [-0.2, -0.15) is 11.8 Å². The molecule has 2 nitrogen and oxygen atoms in total. The van der Waals surface area contributed by atoms with Gasteiger partial charge < -0.3 is 9.73 Å². The van der Waals surface area contributed by atoms with E-state index in [0.29, 0.717) is 10.8 Å². The van der Waals surface area contributed by atoms with Gasteiger partial charge >= 0.3 is 0 Å². The van der Waals surface area contributed by atoms with Crippen LogP contribution in [0.2, 0.25) is 0 Å². The Bertz CT molecular complexity index is 395. The van der Waals surface area contributed by atoms with Crippen LogP contribution in [-0.4, -0.2) is 17.5 Å². The Balaban J connectivity index is 1.64. The quantitative estimate of drug-likeness (QED) is 0.893. The monoisotopic (exact) mass is 265 g/mol. The molecule has 3 rings (SSSR count). The minimum Gasteiger partial charge on any atom is -0.469 e. The number of rotatable bonds is 4. The zero-order valence-electron chi connectivity index (χ0n) is 11.2. The van der Waals surface area contributed by atoms with E-state index in [-0.39, 0.29) is 0 Å². The van der Waals surface area contributed by atoms with Gasteiger partial charge in [-0.15, -0.1) is 0 Å². The maximum absolute atomic E-state index is 5.56. The first-order valence-electron chi connectivity index (χ1n) is 7.18. The molecule has 1 aromatic rings. The summed E-state index contributed by atoms with van der Waals surface area (Å²) in [6, 6.07) is 2.68. The molecule has 1 atom stereocenters. The standard InChI is InChI=1S/C15H23NOS/c1-18-15(8-2-3-9-15)11-16-13-5-4-6-14-12(13)7-10-17-14/h7,10,13,16H,2-6,8-9,11H2,1H3. The van der Waals surface area contributed by atoms with Gasteiger partial charge in [-0.25, -0.2) is 0 Å². The Labute approximate surface area is 114 Å². The number of nitrogens with one attached hydrogen (secondary N) is 1. The van der Waals surface area contributed by atoms with Gasteiger partial charge in [0.05, 0.1) is 6.26 Å². The summed E-state index contributed by atoms with van der Waals surface area (Å²) < 4.78 is 6.07. The first-order chi connectivity index (χ1) is 8.83. The molecule has 0 radical (unpaired) electrons. The van der Waals surface area contributed by atoms with Crippen LogP contribution < -0.4 is 5.32 Å². The Morgan fingerprint density at radius 2 is 2.22 bits per heavy atom. The summed E-state index contributed by atoms with van der Waals surface area (Å²) in [5, 5.41) is 3.82. The number of hydrogen-bond donors (Lipinski definition) is 1. The van der Waals surface area contributed by atoms with Crippen LogP contribution in [0.25, 0.3) is 0 Å². The smallest absolute Gasteiger partial charge is 0.108 e. The third-order valence-corrected chi connectivity index (χ3v) is 6.09. The molecule has 18 heavy (non-hydrogen) atoms. The van der Waals surface area contributed by atoms with E-state index in [1.807, 2.05) is 6.26 Å². The third kappa shape index (κ3) is 2.35. The fraction of sp³-hybridized carbons (Fsp3) is 0.733. The van der Waals surface area contributed by atoms with E-state index in [1.54, 1.807) is 0 Å². The van der Waals surface area contributed by atoms with Crippen molar-refractivity contribution in [3.63, 3.8) is 0 Å². The van der Waals surface area contributed by atoms with Gasteiger partial charge in [-0.1, -0.05) is 12.8 Å². The highest BCUT2D eigenvalue weighted by atomic mass is 32.2. The van der Waals surface area contributed by atoms with Crippen LogP contribution in [0.15, 0.2) is 16.7 Å². The average Bonchev–Trinajstić information content (AvgIpc) is 3.06. The van der Waals surface area contributed by atoms with Crippen molar-refractivity contribution in [3.05, 3.63) is 23.7 Å². The van der Waals surface area contributed by atoms with Crippen LogP contribution in [0.5, 0.6) is 0 Å². The first kappa shape index (κ1) is 12.6. The molecule has 0 amide bonds. The molecule has 3 heteroatoms. The second-order valence-electron chi connectivity index (χ2n) is 5.72. The van der Waals surface area contributed by atoms with E-state index in [1.165, 1.54) is 49.8 Å². The predicted octanol–water partition coefficient (Wildman–Crippen LogP) is 3.92. The number of thioether (sulfide) groups is 1. The number of furan rings is 1. The molecule has 1 unspecified atom stereocenters. The minimum atomic E-state index is 0.501. The van der Waals surface area contributed by atoms with Crippen LogP contribution in [0.4, 0.5) is 0 Å². The van der Waals surface area contributed by atoms with E-state index in [0.717, 1.165) is 13.0 Å². The van der Waals surface area contributed by atoms with Crippen molar-refractivity contribution < 1.29 is 4.42 Å². The van der Waals surface area contributed by atoms with Crippen LogP contribution in [0.3, 0.4) is 0 Å². The fourth-order valence-electron chi connectivity index (χ4n) is 3.48. The highest BCUT2D eigenvalue weighted by molar-refractivity contribution is 8.00. The zero-order valence-corrected chi connectivity index (χ0v) is 12.0. The first-order valence-corrected chi connectivity index (χ1v) is 8.40. The van der Waals surface area contributed by atoms with E-state index in [4.69, 9.17) is 4.42 Å². The molecule has 1 fully saturated rings. The summed E-state index contributed by atoms with van der Waals surface area (Å²) in [4.78, 5) is 0. The van der Waals surface area contributed by atoms with Crippen molar-refractivity contribution in [1.82, 2.24) is 5.32 Å². The number of fused-ring (bicyclic) bond motifs is 1. The molecule has 1 N–H and O–H groups in total. The summed E-state index contributed by atoms with van der Waals surface area (Å²) in [6.45, 7) is 1.16. The van der Waals surface area contributed by atoms with Crippen molar-refractivity contribution in [1.29, 1.82) is 0 Å². The topological polar surface area (TPSA) is 25.2 Å². The van der Waals surface area contributed by atoms with E-state index in [9.17, 15) is 0 Å². The average molecular weight is 265 g/mol. The number of hydrogen-bond acceptors (Lipinski definition) is 3. The lowest BCUT2D eigenvalue weighted by Crippen LogP contribution is -2.38. The van der Waals surface area contributed by atoms with Crippen molar-refractivity contribution in [3.8, 4) is 0 Å². The van der Waals surface area contributed by atoms with Crippen molar-refractivity contribution in [2.45, 2.75) is 55.7 Å². The Kier molecular flexibility index (Phi) is 3.71. The molecular formula is C15H23NOS. The summed E-state index contributed by atoms with van der Waals surface area (Å²) in [6.07, 6.45) is 13.3. The van der Waals surface area contributed by atoms with E-state index in [2.05, 4.69) is 29.4 Å². The SMILES string of the molecule is CSC1(CNC2CCCc3occc32)CCCC1. The maximum Gasteiger partial charge on any atom is 0.108 e. The fourth-order valence-corrected chi connectivity index (χ4v) is 4.40. The molecule has 1 aromatic heterocycles. The lowest BCUT2D eigenvalue weighted by molar-refractivity contribution is 0.394. The highest BCUT2D eigenvalue weighted by Crippen LogP contribution is 2.40. The highest BCUT2D eigenvalue weighted by Gasteiger charge is 2.34. The van der Waals surface area contributed by atoms with Crippen LogP contribution in [-0.2, 0) is 6.42 Å². The molecule has 2 aliphatic carbocycles. The molecule has 0 saturated heterocycles. The Hall–Kier alpha value is -0.410. The molecule has 0 aromatic carbocycles. The van der Waals surface area contributed by atoms with Gasteiger partial charge in [0.1, 0.15) is 5.76 Å². The molecular weight excluding hydrogens is 242 g/mol. The van der Waals surface area contributed by atoms with Crippen LogP contribution >= 0.6 is 11.8 Å². The molecule has 1 heterocycles. The van der Waals surface area contributed by atoms with Gasteiger partial charge in [0.2, 0.25) is 0 Å². The van der Waals surface area contributed by atoms with E-state index >= 15 is 0 Å². The lowest BCUT2D eigenvalue weighted by atomic mass is 9.93. The maximum atomic E-state index is 5.56. The largest absolute Gasteiger partial charge is 0.469 e. The molecule has 0 spiro atoms. The summed E-state index contributed by atoms with van der Waals surface area (Å²) >= 11 is 2.07.